The lowest BCUT2D eigenvalue weighted by Gasteiger charge is -2.23. The number of hydrogen-bond donors (Lipinski definition) is 1. The maximum Gasteiger partial charge on any atom is 0.118 e. The lowest BCUT2D eigenvalue weighted by atomic mass is 9.90. The number of allylic oxidation sites excluding steroid dienone is 4. The van der Waals surface area contributed by atoms with Crippen molar-refractivity contribution >= 4 is 0 Å². The number of methoxy groups -OCH3 is 1. The van der Waals surface area contributed by atoms with Gasteiger partial charge in [-0.3, -0.25) is 0 Å². The second-order valence-corrected chi connectivity index (χ2v) is 3.91. The first-order valence-electron chi connectivity index (χ1n) is 5.53. The largest absolute Gasteiger partial charge is 0.497 e. The molecule has 0 aromatic carbocycles. The van der Waals surface area contributed by atoms with Gasteiger partial charge in [0.2, 0.25) is 0 Å². The Bertz CT molecular complexity index is 260. The van der Waals surface area contributed by atoms with Gasteiger partial charge < -0.3 is 10.1 Å². The van der Waals surface area contributed by atoms with E-state index in [1.165, 1.54) is 18.4 Å². The molecule has 2 heteroatoms. The molecule has 0 bridgehead atoms. The predicted molar refractivity (Wildman–Crippen MR) is 64.6 cm³/mol. The SMILES string of the molecule is C=C/C(=C\C=C(/C)C1CCNCC1)OC. The van der Waals surface area contributed by atoms with E-state index in [-0.39, 0.29) is 0 Å². The summed E-state index contributed by atoms with van der Waals surface area (Å²) in [5, 5.41) is 3.37. The van der Waals surface area contributed by atoms with Gasteiger partial charge in [-0.15, -0.1) is 0 Å². The number of piperidine rings is 1. The normalized spacial score (nSPS) is 20.1. The Morgan fingerprint density at radius 1 is 1.33 bits per heavy atom. The number of nitrogens with one attached hydrogen (secondary N) is 1. The molecular weight excluding hydrogens is 186 g/mol. The first-order valence-corrected chi connectivity index (χ1v) is 5.53. The highest BCUT2D eigenvalue weighted by Gasteiger charge is 2.13. The molecule has 1 aliphatic rings. The van der Waals surface area contributed by atoms with Crippen LogP contribution >= 0.6 is 0 Å². The van der Waals surface area contributed by atoms with Gasteiger partial charge >= 0.3 is 0 Å². The van der Waals surface area contributed by atoms with Crippen LogP contribution in [0, 0.1) is 5.92 Å². The maximum absolute atomic E-state index is 5.12. The first kappa shape index (κ1) is 12.1. The highest BCUT2D eigenvalue weighted by atomic mass is 16.5. The summed E-state index contributed by atoms with van der Waals surface area (Å²) in [5.41, 5.74) is 1.44. The van der Waals surface area contributed by atoms with Crippen LogP contribution in [0.15, 0.2) is 36.1 Å². The summed E-state index contributed by atoms with van der Waals surface area (Å²) in [5.74, 6) is 1.55. The van der Waals surface area contributed by atoms with E-state index in [0.29, 0.717) is 0 Å². The molecule has 1 rings (SSSR count). The van der Waals surface area contributed by atoms with Gasteiger partial charge in [0.25, 0.3) is 0 Å². The molecule has 0 atom stereocenters. The Balaban J connectivity index is 2.57. The van der Waals surface area contributed by atoms with Crippen molar-refractivity contribution in [1.82, 2.24) is 5.32 Å². The van der Waals surface area contributed by atoms with Gasteiger partial charge in [0, 0.05) is 0 Å². The molecule has 1 N–H and O–H groups in total. The fourth-order valence-electron chi connectivity index (χ4n) is 1.85. The Kier molecular flexibility index (Phi) is 5.19. The van der Waals surface area contributed by atoms with Crippen LogP contribution in [-0.2, 0) is 4.74 Å². The summed E-state index contributed by atoms with van der Waals surface area (Å²) in [6.45, 7) is 8.16. The van der Waals surface area contributed by atoms with Gasteiger partial charge in [-0.1, -0.05) is 18.2 Å². The van der Waals surface area contributed by atoms with E-state index in [1.54, 1.807) is 13.2 Å². The lowest BCUT2D eigenvalue weighted by molar-refractivity contribution is 0.307. The van der Waals surface area contributed by atoms with E-state index in [9.17, 15) is 0 Å². The van der Waals surface area contributed by atoms with E-state index in [1.807, 2.05) is 6.08 Å². The van der Waals surface area contributed by atoms with Crippen molar-refractivity contribution in [2.75, 3.05) is 20.2 Å². The van der Waals surface area contributed by atoms with Crippen LogP contribution in [0.2, 0.25) is 0 Å². The molecule has 2 nitrogen and oxygen atoms in total. The maximum atomic E-state index is 5.12. The first-order chi connectivity index (χ1) is 7.27. The third kappa shape index (κ3) is 3.92. The van der Waals surface area contributed by atoms with Gasteiger partial charge in [0.05, 0.1) is 7.11 Å². The fraction of sp³-hybridized carbons (Fsp3) is 0.538. The molecule has 0 aliphatic carbocycles. The van der Waals surface area contributed by atoms with Crippen LogP contribution < -0.4 is 5.32 Å². The Morgan fingerprint density at radius 3 is 2.53 bits per heavy atom. The van der Waals surface area contributed by atoms with Crippen molar-refractivity contribution in [3.63, 3.8) is 0 Å². The van der Waals surface area contributed by atoms with E-state index in [4.69, 9.17) is 4.74 Å². The molecule has 0 unspecified atom stereocenters. The predicted octanol–water partition coefficient (Wildman–Crippen LogP) is 2.65. The van der Waals surface area contributed by atoms with Gasteiger partial charge in [0.1, 0.15) is 5.76 Å². The lowest BCUT2D eigenvalue weighted by Crippen LogP contribution is -2.28. The molecule has 0 radical (unpaired) electrons. The van der Waals surface area contributed by atoms with E-state index in [0.717, 1.165) is 24.8 Å². The third-order valence-electron chi connectivity index (χ3n) is 2.93. The average molecular weight is 207 g/mol. The topological polar surface area (TPSA) is 21.3 Å². The highest BCUT2D eigenvalue weighted by Crippen LogP contribution is 2.20. The quantitative estimate of drug-likeness (QED) is 0.565. The van der Waals surface area contributed by atoms with Crippen LogP contribution in [0.1, 0.15) is 19.8 Å². The number of ether oxygens (including phenoxy) is 1. The summed E-state index contributed by atoms with van der Waals surface area (Å²) in [4.78, 5) is 0. The van der Waals surface area contributed by atoms with Crippen molar-refractivity contribution < 1.29 is 4.74 Å². The van der Waals surface area contributed by atoms with E-state index in [2.05, 4.69) is 24.9 Å². The summed E-state index contributed by atoms with van der Waals surface area (Å²) in [7, 11) is 1.67. The molecule has 1 fully saturated rings. The Morgan fingerprint density at radius 2 is 2.00 bits per heavy atom. The van der Waals surface area contributed by atoms with Gasteiger partial charge in [-0.25, -0.2) is 0 Å². The molecular formula is C13H21NO. The minimum atomic E-state index is 0.727. The zero-order valence-electron chi connectivity index (χ0n) is 9.75. The Hall–Kier alpha value is -1.02. The second-order valence-electron chi connectivity index (χ2n) is 3.91. The van der Waals surface area contributed by atoms with Gasteiger partial charge in [-0.05, 0) is 50.9 Å². The minimum absolute atomic E-state index is 0.727. The van der Waals surface area contributed by atoms with Crippen molar-refractivity contribution in [3.8, 4) is 0 Å². The molecule has 0 spiro atoms. The molecule has 0 aromatic rings. The van der Waals surface area contributed by atoms with Crippen LogP contribution in [0.4, 0.5) is 0 Å². The molecule has 0 saturated carbocycles. The molecule has 1 aliphatic heterocycles. The summed E-state index contributed by atoms with van der Waals surface area (Å²) >= 11 is 0. The second kappa shape index (κ2) is 6.46. The average Bonchev–Trinajstić information content (AvgIpc) is 2.31. The molecule has 84 valence electrons. The molecule has 1 heterocycles. The minimum Gasteiger partial charge on any atom is -0.497 e. The van der Waals surface area contributed by atoms with Gasteiger partial charge in [0.15, 0.2) is 0 Å². The fourth-order valence-corrected chi connectivity index (χ4v) is 1.85. The van der Waals surface area contributed by atoms with Crippen LogP contribution in [0.3, 0.4) is 0 Å². The zero-order chi connectivity index (χ0) is 11.1. The highest BCUT2D eigenvalue weighted by molar-refractivity contribution is 5.21. The van der Waals surface area contributed by atoms with Crippen LogP contribution in [0.25, 0.3) is 0 Å². The monoisotopic (exact) mass is 207 g/mol. The summed E-state index contributed by atoms with van der Waals surface area (Å²) in [6, 6.07) is 0. The summed E-state index contributed by atoms with van der Waals surface area (Å²) in [6.07, 6.45) is 8.35. The van der Waals surface area contributed by atoms with E-state index >= 15 is 0 Å². The molecule has 0 amide bonds. The number of rotatable bonds is 4. The standard InChI is InChI=1S/C13H21NO/c1-4-13(15-3)6-5-11(2)12-7-9-14-10-8-12/h4-6,12,14H,1,7-10H2,2-3H3/b11-5+,13-6+. The summed E-state index contributed by atoms with van der Waals surface area (Å²) < 4.78 is 5.12. The van der Waals surface area contributed by atoms with E-state index < -0.39 is 0 Å². The van der Waals surface area contributed by atoms with Crippen LogP contribution in [0.5, 0.6) is 0 Å². The third-order valence-corrected chi connectivity index (χ3v) is 2.93. The van der Waals surface area contributed by atoms with Crippen LogP contribution in [-0.4, -0.2) is 20.2 Å². The molecule has 0 aromatic heterocycles. The van der Waals surface area contributed by atoms with Crippen molar-refractivity contribution in [2.24, 2.45) is 5.92 Å². The number of hydrogen-bond acceptors (Lipinski definition) is 2. The van der Waals surface area contributed by atoms with Crippen molar-refractivity contribution in [1.29, 1.82) is 0 Å². The molecule has 1 saturated heterocycles. The Labute approximate surface area is 92.7 Å². The molecule has 15 heavy (non-hydrogen) atoms. The smallest absolute Gasteiger partial charge is 0.118 e. The van der Waals surface area contributed by atoms with Gasteiger partial charge in [-0.2, -0.15) is 0 Å². The van der Waals surface area contributed by atoms with Crippen molar-refractivity contribution in [2.45, 2.75) is 19.8 Å². The van der Waals surface area contributed by atoms with Crippen molar-refractivity contribution in [3.05, 3.63) is 36.1 Å². The zero-order valence-corrected chi connectivity index (χ0v) is 9.75.